The predicted octanol–water partition coefficient (Wildman–Crippen LogP) is 6.47. The van der Waals surface area contributed by atoms with Gasteiger partial charge in [0.15, 0.2) is 0 Å². The number of benzene rings is 2. The number of allylic oxidation sites excluding steroid dienone is 1. The zero-order valence-corrected chi connectivity index (χ0v) is 17.3. The molecule has 0 heterocycles. The van der Waals surface area contributed by atoms with Crippen LogP contribution in [0.25, 0.3) is 11.6 Å². The van der Waals surface area contributed by atoms with Gasteiger partial charge < -0.3 is 5.11 Å². The van der Waals surface area contributed by atoms with Crippen LogP contribution in [0.3, 0.4) is 0 Å². The SMILES string of the molecule is CCc1cc2c(cc1C(C)=Cc1ccc(C(=O)O)cc1)C(C)(C)CC2(C)C. The van der Waals surface area contributed by atoms with Gasteiger partial charge in [-0.25, -0.2) is 4.79 Å². The molecule has 0 aliphatic heterocycles. The molecule has 0 aromatic heterocycles. The molecule has 0 unspecified atom stereocenters. The molecule has 2 heteroatoms. The highest BCUT2D eigenvalue weighted by Gasteiger charge is 2.42. The van der Waals surface area contributed by atoms with Crippen molar-refractivity contribution in [2.24, 2.45) is 0 Å². The molecule has 0 radical (unpaired) electrons. The predicted molar refractivity (Wildman–Crippen MR) is 113 cm³/mol. The van der Waals surface area contributed by atoms with E-state index in [4.69, 9.17) is 5.11 Å². The minimum atomic E-state index is -0.890. The van der Waals surface area contributed by atoms with Gasteiger partial charge >= 0.3 is 5.97 Å². The van der Waals surface area contributed by atoms with Crippen molar-refractivity contribution in [3.8, 4) is 0 Å². The van der Waals surface area contributed by atoms with Gasteiger partial charge in [0.05, 0.1) is 5.56 Å². The molecule has 1 aliphatic carbocycles. The Balaban J connectivity index is 2.07. The highest BCUT2D eigenvalue weighted by atomic mass is 16.4. The van der Waals surface area contributed by atoms with E-state index in [9.17, 15) is 4.79 Å². The number of aryl methyl sites for hydroxylation is 1. The standard InChI is InChI=1S/C25H30O2/c1-7-18-13-21-22(25(5,6)15-24(21,3)4)14-20(18)16(2)12-17-8-10-19(11-9-17)23(26)27/h8-14H,7,15H2,1-6H3,(H,26,27). The minimum Gasteiger partial charge on any atom is -0.478 e. The summed E-state index contributed by atoms with van der Waals surface area (Å²) in [7, 11) is 0. The summed E-state index contributed by atoms with van der Waals surface area (Å²) in [5, 5.41) is 9.07. The molecule has 27 heavy (non-hydrogen) atoms. The molecule has 0 bridgehead atoms. The van der Waals surface area contributed by atoms with Gasteiger partial charge in [-0.3, -0.25) is 0 Å². The summed E-state index contributed by atoms with van der Waals surface area (Å²) in [6, 6.07) is 11.9. The normalized spacial score (nSPS) is 17.6. The lowest BCUT2D eigenvalue weighted by atomic mass is 9.82. The lowest BCUT2D eigenvalue weighted by molar-refractivity contribution is 0.0697. The zero-order valence-electron chi connectivity index (χ0n) is 17.3. The highest BCUT2D eigenvalue weighted by Crippen LogP contribution is 2.50. The smallest absolute Gasteiger partial charge is 0.335 e. The van der Waals surface area contributed by atoms with Crippen LogP contribution < -0.4 is 0 Å². The van der Waals surface area contributed by atoms with Crippen molar-refractivity contribution in [2.75, 3.05) is 0 Å². The Labute approximate surface area is 162 Å². The third kappa shape index (κ3) is 3.58. The molecule has 1 aliphatic rings. The fraction of sp³-hybridized carbons (Fsp3) is 0.400. The molecule has 0 fully saturated rings. The third-order valence-electron chi connectivity index (χ3n) is 5.93. The summed E-state index contributed by atoms with van der Waals surface area (Å²) in [5.74, 6) is -0.890. The first kappa shape index (κ1) is 19.4. The van der Waals surface area contributed by atoms with E-state index in [0.717, 1.165) is 12.0 Å². The average Bonchev–Trinajstić information content (AvgIpc) is 2.78. The number of carbonyl (C=O) groups is 1. The van der Waals surface area contributed by atoms with Gasteiger partial charge in [-0.05, 0) is 76.1 Å². The van der Waals surface area contributed by atoms with Crippen molar-refractivity contribution in [3.63, 3.8) is 0 Å². The minimum absolute atomic E-state index is 0.184. The second kappa shape index (κ2) is 6.67. The van der Waals surface area contributed by atoms with Crippen molar-refractivity contribution < 1.29 is 9.90 Å². The Morgan fingerprint density at radius 2 is 1.59 bits per heavy atom. The van der Waals surface area contributed by atoms with Crippen molar-refractivity contribution in [1.29, 1.82) is 0 Å². The number of carboxylic acids is 1. The van der Waals surface area contributed by atoms with Crippen LogP contribution in [0.15, 0.2) is 36.4 Å². The lowest BCUT2D eigenvalue weighted by Crippen LogP contribution is -2.18. The summed E-state index contributed by atoms with van der Waals surface area (Å²) >= 11 is 0. The van der Waals surface area contributed by atoms with Gasteiger partial charge in [0.2, 0.25) is 0 Å². The number of hydrogen-bond acceptors (Lipinski definition) is 1. The second-order valence-corrected chi connectivity index (χ2v) is 9.11. The maximum absolute atomic E-state index is 11.0. The van der Waals surface area contributed by atoms with Crippen LogP contribution in [0.4, 0.5) is 0 Å². The number of carboxylic acid groups (broad SMARTS) is 1. The lowest BCUT2D eigenvalue weighted by Gasteiger charge is -2.22. The van der Waals surface area contributed by atoms with Crippen LogP contribution in [0.5, 0.6) is 0 Å². The van der Waals surface area contributed by atoms with E-state index < -0.39 is 5.97 Å². The average molecular weight is 363 g/mol. The molecule has 0 atom stereocenters. The first-order chi connectivity index (χ1) is 12.5. The molecule has 3 rings (SSSR count). The van der Waals surface area contributed by atoms with Crippen LogP contribution in [-0.4, -0.2) is 11.1 Å². The summed E-state index contributed by atoms with van der Waals surface area (Å²) in [4.78, 5) is 11.0. The Morgan fingerprint density at radius 3 is 2.11 bits per heavy atom. The molecule has 0 saturated heterocycles. The summed E-state index contributed by atoms with van der Waals surface area (Å²) < 4.78 is 0. The summed E-state index contributed by atoms with van der Waals surface area (Å²) in [6.45, 7) is 13.8. The van der Waals surface area contributed by atoms with Gasteiger partial charge in [-0.2, -0.15) is 0 Å². The second-order valence-electron chi connectivity index (χ2n) is 9.11. The molecular weight excluding hydrogens is 332 g/mol. The largest absolute Gasteiger partial charge is 0.478 e. The van der Waals surface area contributed by atoms with E-state index in [1.165, 1.54) is 34.2 Å². The van der Waals surface area contributed by atoms with E-state index in [0.29, 0.717) is 5.56 Å². The molecule has 1 N–H and O–H groups in total. The molecule has 0 saturated carbocycles. The first-order valence-electron chi connectivity index (χ1n) is 9.75. The molecule has 2 aromatic rings. The van der Waals surface area contributed by atoms with Crippen LogP contribution in [-0.2, 0) is 17.3 Å². The fourth-order valence-electron chi connectivity index (χ4n) is 4.77. The maximum atomic E-state index is 11.0. The van der Waals surface area contributed by atoms with E-state index in [-0.39, 0.29) is 10.8 Å². The van der Waals surface area contributed by atoms with Crippen molar-refractivity contribution in [1.82, 2.24) is 0 Å². The Bertz CT molecular complexity index is 912. The van der Waals surface area contributed by atoms with Gasteiger partial charge in [0, 0.05) is 0 Å². The third-order valence-corrected chi connectivity index (χ3v) is 5.93. The van der Waals surface area contributed by atoms with Crippen molar-refractivity contribution in [2.45, 2.75) is 65.2 Å². The van der Waals surface area contributed by atoms with Crippen LogP contribution in [0.1, 0.15) is 86.1 Å². The summed E-state index contributed by atoms with van der Waals surface area (Å²) in [5.41, 5.74) is 8.62. The number of aromatic carboxylic acids is 1. The molecular formula is C25H30O2. The molecule has 2 nitrogen and oxygen atoms in total. The van der Waals surface area contributed by atoms with E-state index in [1.807, 2.05) is 12.1 Å². The topological polar surface area (TPSA) is 37.3 Å². The Morgan fingerprint density at radius 1 is 1.04 bits per heavy atom. The van der Waals surface area contributed by atoms with Crippen LogP contribution in [0, 0.1) is 0 Å². The summed E-state index contributed by atoms with van der Waals surface area (Å²) in [6.07, 6.45) is 4.32. The number of fused-ring (bicyclic) bond motifs is 1. The zero-order chi connectivity index (χ0) is 20.0. The molecule has 142 valence electrons. The fourth-order valence-corrected chi connectivity index (χ4v) is 4.77. The molecule has 0 spiro atoms. The van der Waals surface area contributed by atoms with E-state index in [1.54, 1.807) is 12.1 Å². The van der Waals surface area contributed by atoms with Crippen molar-refractivity contribution in [3.05, 3.63) is 69.8 Å². The molecule has 2 aromatic carbocycles. The van der Waals surface area contributed by atoms with Crippen LogP contribution in [0.2, 0.25) is 0 Å². The Hall–Kier alpha value is -2.35. The van der Waals surface area contributed by atoms with Gasteiger partial charge in [-0.15, -0.1) is 0 Å². The molecule has 0 amide bonds. The van der Waals surface area contributed by atoms with E-state index in [2.05, 4.69) is 59.8 Å². The quantitative estimate of drug-likeness (QED) is 0.633. The Kier molecular flexibility index (Phi) is 4.80. The first-order valence-corrected chi connectivity index (χ1v) is 9.75. The number of hydrogen-bond donors (Lipinski definition) is 1. The van der Waals surface area contributed by atoms with E-state index >= 15 is 0 Å². The van der Waals surface area contributed by atoms with Gasteiger partial charge in [-0.1, -0.05) is 65.0 Å². The van der Waals surface area contributed by atoms with Crippen LogP contribution >= 0.6 is 0 Å². The monoisotopic (exact) mass is 362 g/mol. The maximum Gasteiger partial charge on any atom is 0.335 e. The number of rotatable bonds is 4. The van der Waals surface area contributed by atoms with Gasteiger partial charge in [0.25, 0.3) is 0 Å². The van der Waals surface area contributed by atoms with Gasteiger partial charge in [0.1, 0.15) is 0 Å². The highest BCUT2D eigenvalue weighted by molar-refractivity contribution is 5.88. The van der Waals surface area contributed by atoms with Crippen molar-refractivity contribution >= 4 is 17.6 Å².